The first-order valence-electron chi connectivity index (χ1n) is 5.83. The van der Waals surface area contributed by atoms with Crippen molar-refractivity contribution in [2.45, 2.75) is 19.5 Å². The van der Waals surface area contributed by atoms with Gasteiger partial charge in [0.05, 0.1) is 15.4 Å². The number of benzene rings is 1. The number of hydrogen-bond donors (Lipinski definition) is 1. The van der Waals surface area contributed by atoms with E-state index in [4.69, 9.17) is 5.11 Å². The van der Waals surface area contributed by atoms with Gasteiger partial charge in [-0.15, -0.1) is 11.3 Å². The van der Waals surface area contributed by atoms with E-state index in [0.29, 0.717) is 17.5 Å². The van der Waals surface area contributed by atoms with Crippen molar-refractivity contribution in [3.63, 3.8) is 0 Å². The predicted octanol–water partition coefficient (Wildman–Crippen LogP) is 4.23. The van der Waals surface area contributed by atoms with Crippen LogP contribution in [0.15, 0.2) is 18.2 Å². The van der Waals surface area contributed by atoms with Crippen molar-refractivity contribution in [1.29, 1.82) is 0 Å². The van der Waals surface area contributed by atoms with E-state index in [2.05, 4.69) is 4.98 Å². The molecule has 0 saturated heterocycles. The first-order chi connectivity index (χ1) is 9.72. The molecule has 0 saturated carbocycles. The van der Waals surface area contributed by atoms with Crippen LogP contribution in [-0.4, -0.2) is 16.1 Å². The number of nitrogens with zero attached hydrogens (tertiary/aromatic N) is 1. The smallest absolute Gasteiger partial charge is 0.416 e. The Morgan fingerprint density at radius 1 is 1.33 bits per heavy atom. The average molecular weight is 319 g/mol. The fourth-order valence-electron chi connectivity index (χ4n) is 1.74. The molecular formula is C13H9F4NO2S. The fraction of sp³-hybridized carbons (Fsp3) is 0.231. The molecule has 112 valence electrons. The van der Waals surface area contributed by atoms with Crippen LogP contribution in [0.25, 0.3) is 10.4 Å². The van der Waals surface area contributed by atoms with Crippen LogP contribution in [0.3, 0.4) is 0 Å². The van der Waals surface area contributed by atoms with Crippen molar-refractivity contribution in [2.75, 3.05) is 0 Å². The lowest BCUT2D eigenvalue weighted by Crippen LogP contribution is -2.06. The van der Waals surface area contributed by atoms with Gasteiger partial charge in [0.2, 0.25) is 0 Å². The zero-order valence-electron chi connectivity index (χ0n) is 10.7. The Labute approximate surface area is 120 Å². The van der Waals surface area contributed by atoms with Gasteiger partial charge in [0.25, 0.3) is 0 Å². The third-order valence-electron chi connectivity index (χ3n) is 2.66. The molecule has 0 aliphatic heterocycles. The van der Waals surface area contributed by atoms with Crippen LogP contribution >= 0.6 is 11.3 Å². The molecule has 3 nitrogen and oxygen atoms in total. The molecule has 2 aromatic rings. The zero-order valence-corrected chi connectivity index (χ0v) is 11.5. The number of hydrogen-bond acceptors (Lipinski definition) is 3. The molecule has 1 aromatic heterocycles. The van der Waals surface area contributed by atoms with Gasteiger partial charge in [0, 0.05) is 0 Å². The quantitative estimate of drug-likeness (QED) is 0.861. The largest absolute Gasteiger partial charge is 0.476 e. The van der Waals surface area contributed by atoms with Crippen LogP contribution < -0.4 is 0 Å². The van der Waals surface area contributed by atoms with E-state index in [0.717, 1.165) is 23.5 Å². The summed E-state index contributed by atoms with van der Waals surface area (Å²) >= 11 is 0.943. The molecule has 0 aliphatic rings. The van der Waals surface area contributed by atoms with E-state index >= 15 is 0 Å². The van der Waals surface area contributed by atoms with Gasteiger partial charge < -0.3 is 5.11 Å². The Morgan fingerprint density at radius 2 is 2.00 bits per heavy atom. The van der Waals surface area contributed by atoms with Gasteiger partial charge in [0.1, 0.15) is 5.82 Å². The van der Waals surface area contributed by atoms with Crippen LogP contribution in [0, 0.1) is 5.82 Å². The summed E-state index contributed by atoms with van der Waals surface area (Å²) in [6, 6.07) is 1.96. The molecule has 0 amide bonds. The third kappa shape index (κ3) is 3.21. The van der Waals surface area contributed by atoms with E-state index in [1.807, 2.05) is 0 Å². The molecule has 21 heavy (non-hydrogen) atoms. The van der Waals surface area contributed by atoms with E-state index in [1.165, 1.54) is 0 Å². The zero-order chi connectivity index (χ0) is 15.8. The van der Waals surface area contributed by atoms with Crippen molar-refractivity contribution in [3.05, 3.63) is 40.3 Å². The van der Waals surface area contributed by atoms with Crippen LogP contribution in [0.4, 0.5) is 17.6 Å². The monoisotopic (exact) mass is 319 g/mol. The average Bonchev–Trinajstić information content (AvgIpc) is 2.81. The molecule has 1 heterocycles. The summed E-state index contributed by atoms with van der Waals surface area (Å²) in [5, 5.41) is 9.52. The predicted molar refractivity (Wildman–Crippen MR) is 68.8 cm³/mol. The lowest BCUT2D eigenvalue weighted by Gasteiger charge is -2.08. The summed E-state index contributed by atoms with van der Waals surface area (Å²) in [6.45, 7) is 1.74. The van der Waals surface area contributed by atoms with Crippen LogP contribution in [-0.2, 0) is 12.6 Å². The molecule has 8 heteroatoms. The minimum absolute atomic E-state index is 0.0179. The lowest BCUT2D eigenvalue weighted by molar-refractivity contribution is -0.137. The number of carboxylic acid groups (broad SMARTS) is 1. The number of halogens is 4. The van der Waals surface area contributed by atoms with Gasteiger partial charge in [-0.25, -0.2) is 14.2 Å². The number of alkyl halides is 3. The molecule has 0 bridgehead atoms. The topological polar surface area (TPSA) is 50.2 Å². The molecule has 0 aliphatic carbocycles. The van der Waals surface area contributed by atoms with Crippen molar-refractivity contribution in [2.24, 2.45) is 0 Å². The molecular weight excluding hydrogens is 310 g/mol. The van der Waals surface area contributed by atoms with Gasteiger partial charge in [-0.3, -0.25) is 0 Å². The Hall–Kier alpha value is -1.96. The molecule has 1 aromatic carbocycles. The number of aromatic nitrogens is 1. The van der Waals surface area contributed by atoms with Crippen LogP contribution in [0.2, 0.25) is 0 Å². The number of aromatic carboxylic acids is 1. The van der Waals surface area contributed by atoms with Gasteiger partial charge in [-0.1, -0.05) is 6.92 Å². The summed E-state index contributed by atoms with van der Waals surface area (Å²) < 4.78 is 51.5. The second kappa shape index (κ2) is 5.44. The van der Waals surface area contributed by atoms with Gasteiger partial charge >= 0.3 is 12.1 Å². The maximum Gasteiger partial charge on any atom is 0.416 e. The summed E-state index contributed by atoms with van der Waals surface area (Å²) in [5.41, 5.74) is -1.67. The van der Waals surface area contributed by atoms with Gasteiger partial charge in [-0.05, 0) is 30.2 Å². The van der Waals surface area contributed by atoms with Crippen molar-refractivity contribution in [3.8, 4) is 10.4 Å². The maximum absolute atomic E-state index is 13.4. The molecule has 0 unspecified atom stereocenters. The molecule has 0 radical (unpaired) electrons. The fourth-order valence-corrected chi connectivity index (χ4v) is 2.72. The summed E-state index contributed by atoms with van der Waals surface area (Å²) in [4.78, 5) is 15.0. The molecule has 1 N–H and O–H groups in total. The van der Waals surface area contributed by atoms with E-state index in [1.54, 1.807) is 6.92 Å². The summed E-state index contributed by atoms with van der Waals surface area (Å²) in [7, 11) is 0. The van der Waals surface area contributed by atoms with Gasteiger partial charge in [-0.2, -0.15) is 13.2 Å². The van der Waals surface area contributed by atoms with Crippen molar-refractivity contribution in [1.82, 2.24) is 4.98 Å². The number of carboxylic acids is 1. The number of thiazole rings is 1. The first kappa shape index (κ1) is 15.4. The molecule has 2 rings (SSSR count). The highest BCUT2D eigenvalue weighted by molar-refractivity contribution is 7.15. The summed E-state index contributed by atoms with van der Waals surface area (Å²) in [6.07, 6.45) is -4.27. The van der Waals surface area contributed by atoms with Gasteiger partial charge in [0.15, 0.2) is 5.69 Å². The minimum Gasteiger partial charge on any atom is -0.476 e. The van der Waals surface area contributed by atoms with Crippen LogP contribution in [0.1, 0.15) is 28.0 Å². The normalized spacial score (nSPS) is 11.7. The van der Waals surface area contributed by atoms with Crippen LogP contribution in [0.5, 0.6) is 0 Å². The third-order valence-corrected chi connectivity index (χ3v) is 3.91. The second-order valence-electron chi connectivity index (χ2n) is 4.17. The Balaban J connectivity index is 2.64. The standard InChI is InChI=1S/C13H9F4NO2S/c1-2-9-18-10(12(19)20)11(21-9)6-3-7(13(15,16)17)5-8(14)4-6/h3-5H,2H2,1H3,(H,19,20). The highest BCUT2D eigenvalue weighted by atomic mass is 32.1. The summed E-state index contributed by atoms with van der Waals surface area (Å²) in [5.74, 6) is -2.44. The first-order valence-corrected chi connectivity index (χ1v) is 6.65. The van der Waals surface area contributed by atoms with Crippen molar-refractivity contribution >= 4 is 17.3 Å². The highest BCUT2D eigenvalue weighted by Crippen LogP contribution is 2.36. The second-order valence-corrected chi connectivity index (χ2v) is 5.25. The molecule has 0 fully saturated rings. The Kier molecular flexibility index (Phi) is 3.99. The van der Waals surface area contributed by atoms with E-state index in [-0.39, 0.29) is 16.1 Å². The molecule has 0 atom stereocenters. The van der Waals surface area contributed by atoms with E-state index < -0.39 is 23.5 Å². The lowest BCUT2D eigenvalue weighted by atomic mass is 10.1. The Morgan fingerprint density at radius 3 is 2.52 bits per heavy atom. The van der Waals surface area contributed by atoms with E-state index in [9.17, 15) is 22.4 Å². The maximum atomic E-state index is 13.4. The number of aryl methyl sites for hydroxylation is 1. The minimum atomic E-state index is -4.71. The van der Waals surface area contributed by atoms with Crippen molar-refractivity contribution < 1.29 is 27.5 Å². The number of rotatable bonds is 3. The molecule has 0 spiro atoms. The Bertz CT molecular complexity index is 694. The SMILES string of the molecule is CCc1nc(C(=O)O)c(-c2cc(F)cc(C(F)(F)F)c2)s1. The number of carbonyl (C=O) groups is 1. The highest BCUT2D eigenvalue weighted by Gasteiger charge is 2.32.